The Hall–Kier alpha value is -3.11. The summed E-state index contributed by atoms with van der Waals surface area (Å²) in [6.45, 7) is 1.23. The van der Waals surface area contributed by atoms with E-state index < -0.39 is 23.1 Å². The molecule has 2 aromatic heterocycles. The standard InChI is InChI=1S/C16H15F2N5O3/c1-9-2-3-12(10(17)6-9)20-14-13(16(25)22-26-5-4-24)11(18)7-23-8-19-21-15(14)23/h2-3,6-8,20,24H,4-5H2,1H3,(H,22,25). The topological polar surface area (TPSA) is 101 Å². The van der Waals surface area contributed by atoms with Crippen LogP contribution in [0.1, 0.15) is 15.9 Å². The zero-order valence-electron chi connectivity index (χ0n) is 13.7. The number of carbonyl (C=O) groups is 1. The summed E-state index contributed by atoms with van der Waals surface area (Å²) >= 11 is 0. The molecule has 3 N–H and O–H groups in total. The molecule has 0 aliphatic rings. The number of rotatable bonds is 6. The Morgan fingerprint density at radius 3 is 2.88 bits per heavy atom. The van der Waals surface area contributed by atoms with Gasteiger partial charge in [-0.1, -0.05) is 6.07 Å². The van der Waals surface area contributed by atoms with Gasteiger partial charge in [0.25, 0.3) is 5.91 Å². The molecular formula is C16H15F2N5O3. The number of aromatic nitrogens is 3. The number of aliphatic hydroxyl groups is 1. The Labute approximate surface area is 146 Å². The van der Waals surface area contributed by atoms with Crippen molar-refractivity contribution in [3.05, 3.63) is 53.5 Å². The molecule has 0 aliphatic carbocycles. The van der Waals surface area contributed by atoms with E-state index in [1.54, 1.807) is 13.0 Å². The van der Waals surface area contributed by atoms with E-state index in [-0.39, 0.29) is 30.2 Å². The molecule has 0 fully saturated rings. The van der Waals surface area contributed by atoms with Crippen molar-refractivity contribution < 1.29 is 23.5 Å². The van der Waals surface area contributed by atoms with Crippen LogP contribution in [0.5, 0.6) is 0 Å². The van der Waals surface area contributed by atoms with Gasteiger partial charge < -0.3 is 10.4 Å². The summed E-state index contributed by atoms with van der Waals surface area (Å²) in [5.74, 6) is -2.39. The lowest BCUT2D eigenvalue weighted by atomic mass is 10.1. The van der Waals surface area contributed by atoms with Crippen LogP contribution in [0, 0.1) is 18.6 Å². The highest BCUT2D eigenvalue weighted by Crippen LogP contribution is 2.29. The Kier molecular flexibility index (Phi) is 5.05. The van der Waals surface area contributed by atoms with E-state index in [2.05, 4.69) is 15.5 Å². The van der Waals surface area contributed by atoms with Crippen LogP contribution in [0.4, 0.5) is 20.2 Å². The van der Waals surface area contributed by atoms with Crippen molar-refractivity contribution in [1.82, 2.24) is 20.1 Å². The third-order valence-electron chi connectivity index (χ3n) is 3.51. The molecular weight excluding hydrogens is 348 g/mol. The largest absolute Gasteiger partial charge is 0.394 e. The van der Waals surface area contributed by atoms with Gasteiger partial charge in [0.15, 0.2) is 11.5 Å². The van der Waals surface area contributed by atoms with Gasteiger partial charge in [-0.15, -0.1) is 10.2 Å². The first-order valence-electron chi connectivity index (χ1n) is 7.59. The molecule has 1 amide bonds. The first-order chi connectivity index (χ1) is 12.5. The number of anilines is 2. The maximum absolute atomic E-state index is 14.5. The molecule has 2 heterocycles. The smallest absolute Gasteiger partial charge is 0.280 e. The van der Waals surface area contributed by atoms with Crippen molar-refractivity contribution >= 4 is 22.9 Å². The second kappa shape index (κ2) is 7.42. The number of pyridine rings is 1. The van der Waals surface area contributed by atoms with E-state index in [1.165, 1.54) is 22.9 Å². The summed E-state index contributed by atoms with van der Waals surface area (Å²) in [5, 5.41) is 18.9. The molecule has 136 valence electrons. The van der Waals surface area contributed by atoms with Gasteiger partial charge in [0, 0.05) is 6.20 Å². The lowest BCUT2D eigenvalue weighted by Crippen LogP contribution is -2.27. The van der Waals surface area contributed by atoms with Gasteiger partial charge >= 0.3 is 0 Å². The minimum atomic E-state index is -0.920. The average Bonchev–Trinajstić information content (AvgIpc) is 3.05. The fourth-order valence-electron chi connectivity index (χ4n) is 2.34. The minimum Gasteiger partial charge on any atom is -0.394 e. The van der Waals surface area contributed by atoms with Crippen LogP contribution in [-0.4, -0.2) is 38.8 Å². The predicted octanol–water partition coefficient (Wildman–Crippen LogP) is 1.71. The fourth-order valence-corrected chi connectivity index (χ4v) is 2.34. The molecule has 10 heteroatoms. The average molecular weight is 363 g/mol. The Bertz CT molecular complexity index is 960. The normalized spacial score (nSPS) is 10.9. The van der Waals surface area contributed by atoms with Crippen LogP contribution in [0.15, 0.2) is 30.7 Å². The van der Waals surface area contributed by atoms with Crippen LogP contribution < -0.4 is 10.8 Å². The van der Waals surface area contributed by atoms with Gasteiger partial charge in [-0.05, 0) is 24.6 Å². The van der Waals surface area contributed by atoms with Gasteiger partial charge in [0.1, 0.15) is 23.4 Å². The second-order valence-electron chi connectivity index (χ2n) is 5.40. The third-order valence-corrected chi connectivity index (χ3v) is 3.51. The van der Waals surface area contributed by atoms with Gasteiger partial charge in [-0.25, -0.2) is 14.3 Å². The van der Waals surface area contributed by atoms with Crippen molar-refractivity contribution in [3.63, 3.8) is 0 Å². The highest BCUT2D eigenvalue weighted by atomic mass is 19.1. The molecule has 3 aromatic rings. The number of carbonyl (C=O) groups excluding carboxylic acids is 1. The minimum absolute atomic E-state index is 0.0384. The molecule has 0 bridgehead atoms. The van der Waals surface area contributed by atoms with Crippen molar-refractivity contribution in [2.45, 2.75) is 6.92 Å². The molecule has 1 aromatic carbocycles. The Morgan fingerprint density at radius 2 is 2.15 bits per heavy atom. The number of amides is 1. The van der Waals surface area contributed by atoms with Crippen LogP contribution >= 0.6 is 0 Å². The summed E-state index contributed by atoms with van der Waals surface area (Å²) in [4.78, 5) is 17.0. The highest BCUT2D eigenvalue weighted by Gasteiger charge is 2.23. The number of benzene rings is 1. The van der Waals surface area contributed by atoms with E-state index in [0.29, 0.717) is 5.56 Å². The van der Waals surface area contributed by atoms with Crippen LogP contribution in [0.2, 0.25) is 0 Å². The number of aliphatic hydroxyl groups excluding tert-OH is 1. The molecule has 0 atom stereocenters. The third kappa shape index (κ3) is 3.46. The van der Waals surface area contributed by atoms with Gasteiger partial charge in [0.2, 0.25) is 0 Å². The SMILES string of the molecule is Cc1ccc(Nc2c(C(=O)NOCCO)c(F)cn3cnnc23)c(F)c1. The summed E-state index contributed by atoms with van der Waals surface area (Å²) in [6, 6.07) is 4.43. The quantitative estimate of drug-likeness (QED) is 0.455. The molecule has 26 heavy (non-hydrogen) atoms. The van der Waals surface area contributed by atoms with E-state index in [4.69, 9.17) is 9.94 Å². The highest BCUT2D eigenvalue weighted by molar-refractivity contribution is 6.03. The molecule has 0 saturated carbocycles. The van der Waals surface area contributed by atoms with Gasteiger partial charge in [0.05, 0.1) is 18.9 Å². The van der Waals surface area contributed by atoms with Crippen LogP contribution in [0.3, 0.4) is 0 Å². The van der Waals surface area contributed by atoms with Crippen molar-refractivity contribution in [2.75, 3.05) is 18.5 Å². The molecule has 0 aliphatic heterocycles. The monoisotopic (exact) mass is 363 g/mol. The number of nitrogens with zero attached hydrogens (tertiary/aromatic N) is 3. The number of nitrogens with one attached hydrogen (secondary N) is 2. The molecule has 0 saturated heterocycles. The van der Waals surface area contributed by atoms with Crippen LogP contribution in [0.25, 0.3) is 5.65 Å². The number of halogens is 2. The van der Waals surface area contributed by atoms with E-state index >= 15 is 0 Å². The van der Waals surface area contributed by atoms with Gasteiger partial charge in [-0.3, -0.25) is 14.0 Å². The zero-order valence-corrected chi connectivity index (χ0v) is 13.7. The zero-order chi connectivity index (χ0) is 18.7. The summed E-state index contributed by atoms with van der Waals surface area (Å²) in [5.41, 5.74) is 2.38. The number of aryl methyl sites for hydroxylation is 1. The maximum atomic E-state index is 14.5. The molecule has 3 rings (SSSR count). The lowest BCUT2D eigenvalue weighted by Gasteiger charge is -2.14. The molecule has 0 radical (unpaired) electrons. The van der Waals surface area contributed by atoms with E-state index in [9.17, 15) is 13.6 Å². The summed E-state index contributed by atoms with van der Waals surface area (Å²) in [7, 11) is 0. The van der Waals surface area contributed by atoms with Crippen LogP contribution in [-0.2, 0) is 4.84 Å². The number of hydrogen-bond acceptors (Lipinski definition) is 6. The maximum Gasteiger partial charge on any atom is 0.280 e. The van der Waals surface area contributed by atoms with E-state index in [1.807, 2.05) is 5.48 Å². The first kappa shape index (κ1) is 17.7. The molecule has 8 nitrogen and oxygen atoms in total. The lowest BCUT2D eigenvalue weighted by molar-refractivity contribution is 0.0166. The number of hydrogen-bond donors (Lipinski definition) is 3. The molecule has 0 spiro atoms. The Balaban J connectivity index is 2.07. The predicted molar refractivity (Wildman–Crippen MR) is 87.9 cm³/mol. The van der Waals surface area contributed by atoms with Crippen molar-refractivity contribution in [3.8, 4) is 0 Å². The first-order valence-corrected chi connectivity index (χ1v) is 7.59. The summed E-state index contributed by atoms with van der Waals surface area (Å²) in [6.07, 6.45) is 2.27. The van der Waals surface area contributed by atoms with Crippen molar-refractivity contribution in [2.24, 2.45) is 0 Å². The number of fused-ring (bicyclic) bond motifs is 1. The van der Waals surface area contributed by atoms with Gasteiger partial charge in [-0.2, -0.15) is 0 Å². The fraction of sp³-hybridized carbons (Fsp3) is 0.188. The van der Waals surface area contributed by atoms with Crippen molar-refractivity contribution in [1.29, 1.82) is 0 Å². The Morgan fingerprint density at radius 1 is 1.35 bits per heavy atom. The van der Waals surface area contributed by atoms with E-state index in [0.717, 1.165) is 6.20 Å². The molecule has 0 unspecified atom stereocenters. The second-order valence-corrected chi connectivity index (χ2v) is 5.40. The summed E-state index contributed by atoms with van der Waals surface area (Å²) < 4.78 is 30.0. The number of hydroxylamine groups is 1.